The number of ether oxygens (including phenoxy) is 1. The van der Waals surface area contributed by atoms with Crippen molar-refractivity contribution in [3.05, 3.63) is 34.8 Å². The average molecular weight is 412 g/mol. The van der Waals surface area contributed by atoms with Gasteiger partial charge in [0.1, 0.15) is 0 Å². The van der Waals surface area contributed by atoms with Crippen LogP contribution < -0.4 is 11.1 Å². The summed E-state index contributed by atoms with van der Waals surface area (Å²) in [5.74, 6) is 0.442. The van der Waals surface area contributed by atoms with Crippen molar-refractivity contribution >= 4 is 23.0 Å². The molecule has 4 saturated carbocycles. The van der Waals surface area contributed by atoms with Gasteiger partial charge in [-0.3, -0.25) is 14.2 Å². The number of oxazole rings is 1. The maximum atomic E-state index is 13.1. The second-order valence-corrected chi connectivity index (χ2v) is 9.68. The Hall–Kier alpha value is -2.57. The number of aryl methyl sites for hydroxylation is 1. The highest BCUT2D eigenvalue weighted by Gasteiger charge is 2.61. The fraction of sp³-hybridized carbons (Fsp3) is 0.609. The Balaban J connectivity index is 1.23. The van der Waals surface area contributed by atoms with Crippen LogP contribution in [0, 0.1) is 17.3 Å². The van der Waals surface area contributed by atoms with E-state index in [1.165, 1.54) is 0 Å². The fourth-order valence-electron chi connectivity index (χ4n) is 6.79. The molecule has 1 amide bonds. The lowest BCUT2D eigenvalue weighted by Crippen LogP contribution is -2.64. The third kappa shape index (κ3) is 3.24. The number of hydrogen-bond acceptors (Lipinski definition) is 5. The number of carbonyl (C=O) groups is 2. The van der Waals surface area contributed by atoms with Crippen LogP contribution >= 0.6 is 0 Å². The number of carbonyl (C=O) groups excluding carboxylic acids is 2. The summed E-state index contributed by atoms with van der Waals surface area (Å²) in [5, 5.41) is 3.18. The molecule has 0 aliphatic heterocycles. The molecule has 1 N–H and O–H groups in total. The number of para-hydroxylation sites is 2. The van der Waals surface area contributed by atoms with Gasteiger partial charge in [-0.25, -0.2) is 4.79 Å². The number of aromatic nitrogens is 1. The second-order valence-electron chi connectivity index (χ2n) is 9.68. The largest absolute Gasteiger partial charge is 0.465 e. The predicted molar refractivity (Wildman–Crippen MR) is 110 cm³/mol. The molecular formula is C23H28N2O5. The summed E-state index contributed by atoms with van der Waals surface area (Å²) in [6, 6.07) is 7.32. The Bertz CT molecular complexity index is 1040. The zero-order valence-electron chi connectivity index (χ0n) is 17.3. The summed E-state index contributed by atoms with van der Waals surface area (Å²) in [6.45, 7) is 2.28. The van der Waals surface area contributed by atoms with Crippen LogP contribution in [0.1, 0.15) is 51.9 Å². The van der Waals surface area contributed by atoms with Crippen LogP contribution in [0.5, 0.6) is 0 Å². The first-order valence-electron chi connectivity index (χ1n) is 10.9. The van der Waals surface area contributed by atoms with Gasteiger partial charge < -0.3 is 14.5 Å². The molecule has 1 aromatic carbocycles. The Morgan fingerprint density at radius 3 is 2.67 bits per heavy atom. The lowest BCUT2D eigenvalue weighted by Gasteiger charge is -2.60. The minimum absolute atomic E-state index is 0.0155. The first kappa shape index (κ1) is 19.4. The van der Waals surface area contributed by atoms with Crippen LogP contribution in [0.3, 0.4) is 0 Å². The molecule has 0 spiro atoms. The van der Waals surface area contributed by atoms with Crippen molar-refractivity contribution in [3.63, 3.8) is 0 Å². The lowest BCUT2D eigenvalue weighted by molar-refractivity contribution is -0.176. The SMILES string of the molecule is CC(=O)NC12CC3CC(C1)CC(C(=O)OCCCn1c(=O)oc4ccccc41)(C3)C2. The standard InChI is InChI=1S/C23H28N2O5/c1-15(26)24-23-12-16-9-17(13-23)11-22(10-16,14-23)20(27)29-8-4-7-25-18-5-2-3-6-19(18)30-21(25)28/h2-3,5-6,16-17H,4,7-14H2,1H3,(H,24,26). The number of esters is 1. The highest BCUT2D eigenvalue weighted by Crippen LogP contribution is 2.62. The Labute approximate surface area is 174 Å². The van der Waals surface area contributed by atoms with E-state index >= 15 is 0 Å². The molecule has 4 fully saturated rings. The number of amides is 1. The van der Waals surface area contributed by atoms with Crippen molar-refractivity contribution in [2.24, 2.45) is 17.3 Å². The molecule has 7 nitrogen and oxygen atoms in total. The molecular weight excluding hydrogens is 384 g/mol. The third-order valence-corrected chi connectivity index (χ3v) is 7.27. The van der Waals surface area contributed by atoms with Gasteiger partial charge in [-0.2, -0.15) is 0 Å². The molecule has 7 heteroatoms. The molecule has 160 valence electrons. The maximum absolute atomic E-state index is 13.1. The number of nitrogens with one attached hydrogen (secondary N) is 1. The normalized spacial score (nSPS) is 31.8. The van der Waals surface area contributed by atoms with Gasteiger partial charge >= 0.3 is 11.7 Å². The molecule has 30 heavy (non-hydrogen) atoms. The van der Waals surface area contributed by atoms with Gasteiger partial charge in [-0.1, -0.05) is 12.1 Å². The quantitative estimate of drug-likeness (QED) is 0.582. The van der Waals surface area contributed by atoms with Crippen LogP contribution in [0.15, 0.2) is 33.5 Å². The average Bonchev–Trinajstić information content (AvgIpc) is 2.98. The van der Waals surface area contributed by atoms with Crippen LogP contribution in [0.2, 0.25) is 0 Å². The number of rotatable bonds is 6. The highest BCUT2D eigenvalue weighted by atomic mass is 16.5. The zero-order valence-corrected chi connectivity index (χ0v) is 17.3. The van der Waals surface area contributed by atoms with Gasteiger partial charge in [0.25, 0.3) is 0 Å². The van der Waals surface area contributed by atoms with E-state index in [2.05, 4.69) is 5.32 Å². The van der Waals surface area contributed by atoms with Crippen LogP contribution in [-0.4, -0.2) is 28.6 Å². The van der Waals surface area contributed by atoms with E-state index in [1.54, 1.807) is 17.6 Å². The topological polar surface area (TPSA) is 90.5 Å². The summed E-state index contributed by atoms with van der Waals surface area (Å²) in [7, 11) is 0. The smallest absolute Gasteiger partial charge is 0.419 e. The van der Waals surface area contributed by atoms with Crippen molar-refractivity contribution in [1.82, 2.24) is 9.88 Å². The molecule has 1 aromatic heterocycles. The molecule has 4 aliphatic carbocycles. The monoisotopic (exact) mass is 412 g/mol. The molecule has 4 aliphatic rings. The first-order valence-corrected chi connectivity index (χ1v) is 10.9. The Morgan fingerprint density at radius 2 is 1.93 bits per heavy atom. The van der Waals surface area contributed by atoms with Crippen molar-refractivity contribution in [2.45, 2.75) is 64.0 Å². The lowest BCUT2D eigenvalue weighted by atomic mass is 9.47. The number of benzene rings is 1. The van der Waals surface area contributed by atoms with Crippen molar-refractivity contribution in [2.75, 3.05) is 6.61 Å². The first-order chi connectivity index (χ1) is 14.4. The van der Waals surface area contributed by atoms with Crippen LogP contribution in [0.25, 0.3) is 11.1 Å². The summed E-state index contributed by atoms with van der Waals surface area (Å²) < 4.78 is 12.6. The summed E-state index contributed by atoms with van der Waals surface area (Å²) in [5.41, 5.74) is 0.618. The van der Waals surface area contributed by atoms with E-state index in [-0.39, 0.29) is 29.8 Å². The maximum Gasteiger partial charge on any atom is 0.419 e. The van der Waals surface area contributed by atoms with E-state index < -0.39 is 5.41 Å². The van der Waals surface area contributed by atoms with E-state index in [4.69, 9.17) is 9.15 Å². The van der Waals surface area contributed by atoms with E-state index in [9.17, 15) is 14.4 Å². The van der Waals surface area contributed by atoms with E-state index in [0.29, 0.717) is 36.8 Å². The molecule has 2 unspecified atom stereocenters. The minimum atomic E-state index is -0.467. The van der Waals surface area contributed by atoms with Crippen molar-refractivity contribution in [1.29, 1.82) is 0 Å². The minimum Gasteiger partial charge on any atom is -0.465 e. The Kier molecular flexibility index (Phi) is 4.52. The fourth-order valence-corrected chi connectivity index (χ4v) is 6.79. The second kappa shape index (κ2) is 7.00. The van der Waals surface area contributed by atoms with Gasteiger partial charge in [-0.05, 0) is 68.9 Å². The molecule has 2 aromatic rings. The summed E-state index contributed by atoms with van der Waals surface area (Å²) in [4.78, 5) is 37.0. The van der Waals surface area contributed by atoms with Gasteiger partial charge in [-0.15, -0.1) is 0 Å². The van der Waals surface area contributed by atoms with E-state index in [0.717, 1.165) is 37.6 Å². The van der Waals surface area contributed by atoms with Crippen LogP contribution in [-0.2, 0) is 20.9 Å². The number of fused-ring (bicyclic) bond motifs is 1. The zero-order chi connectivity index (χ0) is 20.9. The van der Waals surface area contributed by atoms with Gasteiger partial charge in [0.2, 0.25) is 5.91 Å². The molecule has 1 heterocycles. The third-order valence-electron chi connectivity index (χ3n) is 7.27. The van der Waals surface area contributed by atoms with E-state index in [1.807, 2.05) is 18.2 Å². The predicted octanol–water partition coefficient (Wildman–Crippen LogP) is 3.00. The van der Waals surface area contributed by atoms with Crippen molar-refractivity contribution in [3.8, 4) is 0 Å². The number of nitrogens with zero attached hydrogens (tertiary/aromatic N) is 1. The van der Waals surface area contributed by atoms with Gasteiger partial charge in [0.15, 0.2) is 5.58 Å². The Morgan fingerprint density at radius 1 is 1.20 bits per heavy atom. The molecule has 4 bridgehead atoms. The van der Waals surface area contributed by atoms with Gasteiger partial charge in [0.05, 0.1) is 17.5 Å². The molecule has 6 rings (SSSR count). The van der Waals surface area contributed by atoms with Crippen LogP contribution in [0.4, 0.5) is 0 Å². The van der Waals surface area contributed by atoms with Gasteiger partial charge in [0, 0.05) is 19.0 Å². The summed E-state index contributed by atoms with van der Waals surface area (Å²) in [6.07, 6.45) is 6.10. The van der Waals surface area contributed by atoms with Crippen molar-refractivity contribution < 1.29 is 18.7 Å². The summed E-state index contributed by atoms with van der Waals surface area (Å²) >= 11 is 0. The highest BCUT2D eigenvalue weighted by molar-refractivity contribution is 5.79. The molecule has 2 atom stereocenters. The molecule has 0 saturated heterocycles. The molecule has 0 radical (unpaired) electrons. The number of hydrogen-bond donors (Lipinski definition) is 1.